The molecule has 0 aliphatic heterocycles. The largest absolute Gasteiger partial charge is 0.466 e. The van der Waals surface area contributed by atoms with Gasteiger partial charge in [0.05, 0.1) is 25.4 Å². The molecule has 0 aliphatic carbocycles. The van der Waals surface area contributed by atoms with Gasteiger partial charge < -0.3 is 20.3 Å². The van der Waals surface area contributed by atoms with E-state index in [1.54, 1.807) is 6.08 Å². The van der Waals surface area contributed by atoms with E-state index >= 15 is 0 Å². The van der Waals surface area contributed by atoms with Crippen molar-refractivity contribution in [2.24, 2.45) is 0 Å². The summed E-state index contributed by atoms with van der Waals surface area (Å²) in [5.74, 6) is -0.115. The molecule has 0 aromatic carbocycles. The van der Waals surface area contributed by atoms with Crippen molar-refractivity contribution in [2.75, 3.05) is 13.2 Å². The summed E-state index contributed by atoms with van der Waals surface area (Å²) in [6.45, 7) is 4.80. The van der Waals surface area contributed by atoms with Crippen molar-refractivity contribution in [2.45, 2.75) is 257 Å². The number of hydrogen-bond donors (Lipinski definition) is 3. The molecule has 0 spiro atoms. The van der Waals surface area contributed by atoms with Gasteiger partial charge in [-0.25, -0.2) is 0 Å². The van der Waals surface area contributed by atoms with Gasteiger partial charge in [0, 0.05) is 12.8 Å². The SMILES string of the molecule is CCCCC/C=C\CCCCCCCC(=O)OCCCCC/C=C\C/C=C\CCCCCCCCCC(=O)NC(CO)C(O)/C=C/CCCCCCCCCCCC. The van der Waals surface area contributed by atoms with Crippen molar-refractivity contribution in [1.29, 1.82) is 0 Å². The van der Waals surface area contributed by atoms with Crippen LogP contribution in [0.2, 0.25) is 0 Å². The fraction of sp³-hybridized carbons (Fsp3) is 0.808. The second kappa shape index (κ2) is 47.5. The van der Waals surface area contributed by atoms with E-state index in [0.29, 0.717) is 19.4 Å². The lowest BCUT2D eigenvalue weighted by atomic mass is 10.1. The minimum absolute atomic E-state index is 0.0277. The van der Waals surface area contributed by atoms with Crippen LogP contribution in [-0.2, 0) is 14.3 Å². The molecule has 0 bridgehead atoms. The Morgan fingerprint density at radius 1 is 0.483 bits per heavy atom. The van der Waals surface area contributed by atoms with Crippen molar-refractivity contribution in [1.82, 2.24) is 5.32 Å². The molecule has 0 saturated carbocycles. The number of aliphatic hydroxyl groups excluding tert-OH is 2. The van der Waals surface area contributed by atoms with Crippen LogP contribution < -0.4 is 5.32 Å². The standard InChI is InChI=1S/C52H95NO5/c1-3-5-7-9-11-13-15-24-28-32-36-40-44-50(55)49(48-54)53-51(56)45-41-37-33-29-25-22-20-18-17-19-21-23-27-31-35-39-43-47-58-52(57)46-42-38-34-30-26-16-14-12-10-8-6-4-2/h12,14,17,19,23,27,40,44,49-50,54-55H,3-11,13,15-16,18,20-22,24-26,28-39,41-43,45-48H2,1-2H3,(H,53,56)/b14-12-,19-17-,27-23-,44-40+. The molecule has 0 fully saturated rings. The average molecular weight is 814 g/mol. The number of allylic oxidation sites excluding steroid dienone is 7. The number of aliphatic hydroxyl groups is 2. The summed E-state index contributed by atoms with van der Waals surface area (Å²) < 4.78 is 5.42. The second-order valence-electron chi connectivity index (χ2n) is 16.8. The predicted octanol–water partition coefficient (Wildman–Crippen LogP) is 14.7. The summed E-state index contributed by atoms with van der Waals surface area (Å²) in [5, 5.41) is 23.0. The number of carbonyl (C=O) groups is 2. The van der Waals surface area contributed by atoms with Crippen molar-refractivity contribution < 1.29 is 24.5 Å². The molecule has 2 unspecified atom stereocenters. The minimum atomic E-state index is -0.854. The summed E-state index contributed by atoms with van der Waals surface area (Å²) in [6.07, 6.45) is 58.2. The maximum atomic E-state index is 12.4. The quantitative estimate of drug-likeness (QED) is 0.0323. The maximum Gasteiger partial charge on any atom is 0.305 e. The van der Waals surface area contributed by atoms with Crippen molar-refractivity contribution in [3.8, 4) is 0 Å². The lowest BCUT2D eigenvalue weighted by Crippen LogP contribution is -2.45. The highest BCUT2D eigenvalue weighted by Crippen LogP contribution is 2.14. The Labute approximate surface area is 359 Å². The summed E-state index contributed by atoms with van der Waals surface area (Å²) in [4.78, 5) is 24.4. The van der Waals surface area contributed by atoms with E-state index in [4.69, 9.17) is 4.74 Å². The average Bonchev–Trinajstić information content (AvgIpc) is 3.22. The highest BCUT2D eigenvalue weighted by Gasteiger charge is 2.18. The number of unbranched alkanes of at least 4 members (excludes halogenated alkanes) is 28. The van der Waals surface area contributed by atoms with Crippen LogP contribution >= 0.6 is 0 Å². The first-order chi connectivity index (χ1) is 28.5. The first-order valence-corrected chi connectivity index (χ1v) is 24.9. The van der Waals surface area contributed by atoms with Crippen molar-refractivity contribution in [3.63, 3.8) is 0 Å². The van der Waals surface area contributed by atoms with Crippen LogP contribution in [0.1, 0.15) is 245 Å². The van der Waals surface area contributed by atoms with E-state index in [9.17, 15) is 19.8 Å². The molecule has 0 aromatic heterocycles. The molecule has 2 atom stereocenters. The molecule has 0 aromatic rings. The molecule has 338 valence electrons. The first kappa shape index (κ1) is 55.8. The molecule has 6 nitrogen and oxygen atoms in total. The van der Waals surface area contributed by atoms with Gasteiger partial charge in [-0.1, -0.05) is 184 Å². The topological polar surface area (TPSA) is 95.9 Å². The van der Waals surface area contributed by atoms with Gasteiger partial charge in [-0.2, -0.15) is 0 Å². The van der Waals surface area contributed by atoms with Crippen LogP contribution in [0.4, 0.5) is 0 Å². The normalized spacial score (nSPS) is 13.1. The molecule has 6 heteroatoms. The minimum Gasteiger partial charge on any atom is -0.466 e. The number of nitrogens with one attached hydrogen (secondary N) is 1. The third kappa shape index (κ3) is 43.4. The third-order valence-electron chi connectivity index (χ3n) is 11.1. The van der Waals surface area contributed by atoms with Crippen LogP contribution in [0, 0.1) is 0 Å². The zero-order valence-electron chi connectivity index (χ0n) is 38.3. The maximum absolute atomic E-state index is 12.4. The predicted molar refractivity (Wildman–Crippen MR) is 250 cm³/mol. The van der Waals surface area contributed by atoms with Gasteiger partial charge in [0.25, 0.3) is 0 Å². The highest BCUT2D eigenvalue weighted by molar-refractivity contribution is 5.76. The van der Waals surface area contributed by atoms with E-state index in [2.05, 4.69) is 55.6 Å². The Balaban J connectivity index is 3.55. The first-order valence-electron chi connectivity index (χ1n) is 24.9. The molecular weight excluding hydrogens is 719 g/mol. The van der Waals surface area contributed by atoms with Crippen molar-refractivity contribution in [3.05, 3.63) is 48.6 Å². The van der Waals surface area contributed by atoms with E-state index < -0.39 is 12.1 Å². The van der Waals surface area contributed by atoms with E-state index in [0.717, 1.165) is 83.5 Å². The summed E-state index contributed by atoms with van der Waals surface area (Å²) >= 11 is 0. The van der Waals surface area contributed by atoms with Crippen LogP contribution in [0.3, 0.4) is 0 Å². The molecule has 0 heterocycles. The van der Waals surface area contributed by atoms with Crippen LogP contribution in [0.15, 0.2) is 48.6 Å². The van der Waals surface area contributed by atoms with Gasteiger partial charge in [-0.15, -0.1) is 0 Å². The van der Waals surface area contributed by atoms with Gasteiger partial charge in [0.15, 0.2) is 0 Å². The van der Waals surface area contributed by atoms with Gasteiger partial charge in [0.1, 0.15) is 0 Å². The summed E-state index contributed by atoms with van der Waals surface area (Å²) in [5.41, 5.74) is 0. The smallest absolute Gasteiger partial charge is 0.305 e. The molecule has 0 rings (SSSR count). The highest BCUT2D eigenvalue weighted by atomic mass is 16.5. The molecule has 58 heavy (non-hydrogen) atoms. The Kier molecular flexibility index (Phi) is 45.7. The van der Waals surface area contributed by atoms with Gasteiger partial charge in [-0.3, -0.25) is 9.59 Å². The van der Waals surface area contributed by atoms with Crippen LogP contribution in [-0.4, -0.2) is 47.4 Å². The summed E-state index contributed by atoms with van der Waals surface area (Å²) in [7, 11) is 0. The molecule has 0 aliphatic rings. The lowest BCUT2D eigenvalue weighted by molar-refractivity contribution is -0.143. The Bertz CT molecular complexity index is 988. The van der Waals surface area contributed by atoms with Gasteiger partial charge in [-0.05, 0) is 96.3 Å². The molecule has 1 amide bonds. The monoisotopic (exact) mass is 814 g/mol. The zero-order chi connectivity index (χ0) is 42.3. The number of carbonyl (C=O) groups excluding carboxylic acids is 2. The van der Waals surface area contributed by atoms with E-state index in [-0.39, 0.29) is 18.5 Å². The second-order valence-corrected chi connectivity index (χ2v) is 16.8. The number of ether oxygens (including phenoxy) is 1. The van der Waals surface area contributed by atoms with Crippen LogP contribution in [0.5, 0.6) is 0 Å². The Hall–Kier alpha value is -2.18. The van der Waals surface area contributed by atoms with Gasteiger partial charge in [0.2, 0.25) is 5.91 Å². The molecule has 3 N–H and O–H groups in total. The molecule has 0 radical (unpaired) electrons. The number of amides is 1. The zero-order valence-corrected chi connectivity index (χ0v) is 38.3. The number of esters is 1. The third-order valence-corrected chi connectivity index (χ3v) is 11.1. The Morgan fingerprint density at radius 3 is 1.36 bits per heavy atom. The van der Waals surface area contributed by atoms with Crippen molar-refractivity contribution >= 4 is 11.9 Å². The van der Waals surface area contributed by atoms with E-state index in [1.807, 2.05) is 6.08 Å². The fourth-order valence-corrected chi connectivity index (χ4v) is 7.18. The summed E-state index contributed by atoms with van der Waals surface area (Å²) in [6, 6.07) is -0.639. The molecule has 0 saturated heterocycles. The number of hydrogen-bond acceptors (Lipinski definition) is 5. The molecular formula is C52H95NO5. The Morgan fingerprint density at radius 2 is 0.862 bits per heavy atom. The number of rotatable bonds is 45. The van der Waals surface area contributed by atoms with Gasteiger partial charge >= 0.3 is 5.97 Å². The van der Waals surface area contributed by atoms with Crippen LogP contribution in [0.25, 0.3) is 0 Å². The fourth-order valence-electron chi connectivity index (χ4n) is 7.18. The lowest BCUT2D eigenvalue weighted by Gasteiger charge is -2.20. The van der Waals surface area contributed by atoms with E-state index in [1.165, 1.54) is 135 Å².